The van der Waals surface area contributed by atoms with E-state index in [9.17, 15) is 9.59 Å². The summed E-state index contributed by atoms with van der Waals surface area (Å²) in [6.07, 6.45) is 1.32. The molecule has 1 unspecified atom stereocenters. The molecule has 2 rings (SSSR count). The third-order valence-electron chi connectivity index (χ3n) is 3.06. The molecule has 108 valence electrons. The zero-order valence-electron chi connectivity index (χ0n) is 11.6. The zero-order valence-corrected chi connectivity index (χ0v) is 13.1. The van der Waals surface area contributed by atoms with Gasteiger partial charge in [0.25, 0.3) is 5.56 Å². The number of aromatic amines is 1. The Morgan fingerprint density at radius 3 is 2.75 bits per heavy atom. The number of nitrogens with one attached hydrogen (secondary N) is 1. The summed E-state index contributed by atoms with van der Waals surface area (Å²) in [5, 5.41) is 2.77. The van der Waals surface area contributed by atoms with Crippen molar-refractivity contribution in [3.8, 4) is 0 Å². The lowest BCUT2D eigenvalue weighted by Crippen LogP contribution is -2.39. The van der Waals surface area contributed by atoms with Gasteiger partial charge in [-0.05, 0) is 20.3 Å². The average molecular weight is 314 g/mol. The van der Waals surface area contributed by atoms with Crippen LogP contribution in [0.4, 0.5) is 0 Å². The molecule has 0 aromatic carbocycles. The van der Waals surface area contributed by atoms with Crippen molar-refractivity contribution < 1.29 is 0 Å². The van der Waals surface area contributed by atoms with Crippen molar-refractivity contribution >= 4 is 22.9 Å². The minimum Gasteiger partial charge on any atom is -0.297 e. The summed E-state index contributed by atoms with van der Waals surface area (Å²) in [6, 6.07) is -0.405. The molecule has 2 aromatic rings. The Balaban J connectivity index is 2.59. The predicted molar refractivity (Wildman–Crippen MR) is 81.0 cm³/mol. The molecular weight excluding hydrogens is 298 g/mol. The summed E-state index contributed by atoms with van der Waals surface area (Å²) in [4.78, 5) is 31.4. The summed E-state index contributed by atoms with van der Waals surface area (Å²) >= 11 is 7.40. The van der Waals surface area contributed by atoms with Crippen LogP contribution in [-0.4, -0.2) is 14.5 Å². The topological polar surface area (TPSA) is 67.8 Å². The Bertz CT molecular complexity index is 732. The van der Waals surface area contributed by atoms with Gasteiger partial charge in [-0.15, -0.1) is 11.3 Å². The first-order valence-corrected chi connectivity index (χ1v) is 7.66. The number of aromatic nitrogens is 3. The van der Waals surface area contributed by atoms with Crippen molar-refractivity contribution in [1.82, 2.24) is 14.5 Å². The van der Waals surface area contributed by atoms with Crippen LogP contribution in [0.2, 0.25) is 5.15 Å². The molecule has 1 atom stereocenters. The number of halogens is 1. The Hall–Kier alpha value is -1.40. The molecule has 7 heteroatoms. The third kappa shape index (κ3) is 2.71. The number of aryl methyl sites for hydroxylation is 1. The van der Waals surface area contributed by atoms with E-state index in [1.807, 2.05) is 19.2 Å². The number of hydrogen-bond donors (Lipinski definition) is 1. The van der Waals surface area contributed by atoms with Crippen LogP contribution in [0.1, 0.15) is 42.6 Å². The van der Waals surface area contributed by atoms with Crippen LogP contribution in [0.25, 0.3) is 0 Å². The molecule has 0 radical (unpaired) electrons. The predicted octanol–water partition coefficient (Wildman–Crippen LogP) is 2.52. The number of H-pyrrole nitrogens is 1. The maximum absolute atomic E-state index is 12.5. The molecule has 0 saturated heterocycles. The summed E-state index contributed by atoms with van der Waals surface area (Å²) in [6.45, 7) is 5.63. The summed E-state index contributed by atoms with van der Waals surface area (Å²) in [5.41, 5.74) is 0.499. The van der Waals surface area contributed by atoms with Crippen LogP contribution >= 0.6 is 22.9 Å². The standard InChI is InChI=1S/C13H16ClN3O2S/c1-4-5-9-10(14)16-13(19)17(12(9)18)8(3)11-15-7(2)6-20-11/h6,8H,4-5H2,1-3H3,(H,16,19). The highest BCUT2D eigenvalue weighted by Crippen LogP contribution is 2.20. The molecule has 0 fully saturated rings. The van der Waals surface area contributed by atoms with E-state index in [2.05, 4.69) is 9.97 Å². The van der Waals surface area contributed by atoms with Gasteiger partial charge in [0.05, 0.1) is 11.6 Å². The second-order valence-corrected chi connectivity index (χ2v) is 5.92. The quantitative estimate of drug-likeness (QED) is 0.882. The average Bonchev–Trinajstić information content (AvgIpc) is 2.81. The first-order chi connectivity index (χ1) is 9.45. The van der Waals surface area contributed by atoms with E-state index in [0.717, 1.165) is 17.1 Å². The van der Waals surface area contributed by atoms with Gasteiger partial charge < -0.3 is 0 Å². The molecule has 2 aromatic heterocycles. The van der Waals surface area contributed by atoms with Crippen LogP contribution in [0.15, 0.2) is 15.0 Å². The second kappa shape index (κ2) is 5.93. The zero-order chi connectivity index (χ0) is 14.9. The largest absolute Gasteiger partial charge is 0.330 e. The summed E-state index contributed by atoms with van der Waals surface area (Å²) in [7, 11) is 0. The molecule has 0 saturated carbocycles. The van der Waals surface area contributed by atoms with E-state index < -0.39 is 11.7 Å². The monoisotopic (exact) mass is 313 g/mol. The maximum atomic E-state index is 12.5. The van der Waals surface area contributed by atoms with Crippen molar-refractivity contribution in [2.24, 2.45) is 0 Å². The van der Waals surface area contributed by atoms with E-state index >= 15 is 0 Å². The van der Waals surface area contributed by atoms with Crippen molar-refractivity contribution in [3.05, 3.63) is 47.6 Å². The van der Waals surface area contributed by atoms with Gasteiger partial charge in [0.2, 0.25) is 0 Å². The minimum atomic E-state index is -0.500. The van der Waals surface area contributed by atoms with Crippen LogP contribution in [0.5, 0.6) is 0 Å². The molecule has 0 spiro atoms. The number of hydrogen-bond acceptors (Lipinski definition) is 4. The van der Waals surface area contributed by atoms with Gasteiger partial charge >= 0.3 is 5.69 Å². The molecule has 1 N–H and O–H groups in total. The van der Waals surface area contributed by atoms with Crippen LogP contribution in [-0.2, 0) is 6.42 Å². The smallest absolute Gasteiger partial charge is 0.297 e. The lowest BCUT2D eigenvalue weighted by molar-refractivity contribution is 0.566. The first-order valence-electron chi connectivity index (χ1n) is 6.41. The van der Waals surface area contributed by atoms with Crippen molar-refractivity contribution in [3.63, 3.8) is 0 Å². The van der Waals surface area contributed by atoms with E-state index in [1.54, 1.807) is 6.92 Å². The number of thiazole rings is 1. The van der Waals surface area contributed by atoms with Crippen molar-refractivity contribution in [2.75, 3.05) is 0 Å². The van der Waals surface area contributed by atoms with E-state index in [-0.39, 0.29) is 10.7 Å². The van der Waals surface area contributed by atoms with Gasteiger partial charge in [-0.25, -0.2) is 9.78 Å². The summed E-state index contributed by atoms with van der Waals surface area (Å²) in [5.74, 6) is 0. The second-order valence-electron chi connectivity index (χ2n) is 4.65. The fourth-order valence-electron chi connectivity index (χ4n) is 2.05. The van der Waals surface area contributed by atoms with Gasteiger partial charge in [0, 0.05) is 11.1 Å². The normalized spacial score (nSPS) is 12.6. The maximum Gasteiger partial charge on any atom is 0.330 e. The highest BCUT2D eigenvalue weighted by molar-refractivity contribution is 7.09. The summed E-state index contributed by atoms with van der Waals surface area (Å²) < 4.78 is 1.19. The Morgan fingerprint density at radius 1 is 1.50 bits per heavy atom. The van der Waals surface area contributed by atoms with Gasteiger partial charge in [0.15, 0.2) is 0 Å². The minimum absolute atomic E-state index is 0.139. The van der Waals surface area contributed by atoms with E-state index in [4.69, 9.17) is 11.6 Å². The highest BCUT2D eigenvalue weighted by atomic mass is 35.5. The molecule has 20 heavy (non-hydrogen) atoms. The molecule has 0 amide bonds. The SMILES string of the molecule is CCCc1c(Cl)[nH]c(=O)n(C(C)c2nc(C)cs2)c1=O. The van der Waals surface area contributed by atoms with Crippen molar-refractivity contribution in [2.45, 2.75) is 39.7 Å². The highest BCUT2D eigenvalue weighted by Gasteiger charge is 2.19. The Labute approximate surface area is 125 Å². The Morgan fingerprint density at radius 2 is 2.20 bits per heavy atom. The molecule has 0 aliphatic rings. The fourth-order valence-corrected chi connectivity index (χ4v) is 3.15. The van der Waals surface area contributed by atoms with Gasteiger partial charge in [-0.3, -0.25) is 14.3 Å². The van der Waals surface area contributed by atoms with Gasteiger partial charge in [-0.1, -0.05) is 24.9 Å². The molecule has 5 nitrogen and oxygen atoms in total. The van der Waals surface area contributed by atoms with E-state index in [0.29, 0.717) is 12.0 Å². The Kier molecular flexibility index (Phi) is 4.45. The molecule has 0 aliphatic heterocycles. The lowest BCUT2D eigenvalue weighted by atomic mass is 10.2. The molecule has 0 aliphatic carbocycles. The van der Waals surface area contributed by atoms with E-state index in [1.165, 1.54) is 15.9 Å². The molecule has 0 bridgehead atoms. The van der Waals surface area contributed by atoms with Gasteiger partial charge in [-0.2, -0.15) is 0 Å². The first kappa shape index (κ1) is 15.0. The van der Waals surface area contributed by atoms with Crippen LogP contribution in [0.3, 0.4) is 0 Å². The molecule has 2 heterocycles. The van der Waals surface area contributed by atoms with Gasteiger partial charge in [0.1, 0.15) is 10.2 Å². The number of rotatable bonds is 4. The van der Waals surface area contributed by atoms with Crippen LogP contribution in [0, 0.1) is 6.92 Å². The third-order valence-corrected chi connectivity index (χ3v) is 4.51. The van der Waals surface area contributed by atoms with Crippen LogP contribution < -0.4 is 11.2 Å². The number of nitrogens with zero attached hydrogens (tertiary/aromatic N) is 2. The molecular formula is C13H16ClN3O2S. The van der Waals surface area contributed by atoms with Crippen molar-refractivity contribution in [1.29, 1.82) is 0 Å². The fraction of sp³-hybridized carbons (Fsp3) is 0.462. The lowest BCUT2D eigenvalue weighted by Gasteiger charge is -2.13.